The quantitative estimate of drug-likeness (QED) is 0.714. The summed E-state index contributed by atoms with van der Waals surface area (Å²) < 4.78 is 6.18. The molecule has 0 saturated carbocycles. The number of benzene rings is 1. The van der Waals surface area contributed by atoms with Gasteiger partial charge in [-0.2, -0.15) is 0 Å². The van der Waals surface area contributed by atoms with E-state index in [1.807, 2.05) is 35.4 Å². The minimum Gasteiger partial charge on any atom is -0.479 e. The van der Waals surface area contributed by atoms with Crippen molar-refractivity contribution in [3.8, 4) is 16.9 Å². The van der Waals surface area contributed by atoms with Gasteiger partial charge in [0.2, 0.25) is 0 Å². The van der Waals surface area contributed by atoms with Crippen molar-refractivity contribution in [2.24, 2.45) is 0 Å². The molecular formula is C20H19ClN4O2. The lowest BCUT2D eigenvalue weighted by Crippen LogP contribution is -2.50. The molecule has 1 atom stereocenters. The molecule has 2 N–H and O–H groups in total. The summed E-state index contributed by atoms with van der Waals surface area (Å²) in [5.41, 5.74) is 4.65. The van der Waals surface area contributed by atoms with Gasteiger partial charge in [0.05, 0.1) is 11.0 Å². The van der Waals surface area contributed by atoms with Crippen molar-refractivity contribution in [1.29, 1.82) is 0 Å². The summed E-state index contributed by atoms with van der Waals surface area (Å²) in [7, 11) is 0. The Bertz CT molecular complexity index is 1030. The molecule has 0 unspecified atom stereocenters. The summed E-state index contributed by atoms with van der Waals surface area (Å²) in [5, 5.41) is 3.91. The summed E-state index contributed by atoms with van der Waals surface area (Å²) >= 11 is 6.39. The number of nitrogens with one attached hydrogen (secondary N) is 2. The van der Waals surface area contributed by atoms with E-state index in [0.29, 0.717) is 11.4 Å². The molecule has 2 aromatic heterocycles. The van der Waals surface area contributed by atoms with Gasteiger partial charge in [-0.1, -0.05) is 11.6 Å². The smallest absolute Gasteiger partial charge is 0.264 e. The maximum absolute atomic E-state index is 12.9. The van der Waals surface area contributed by atoms with Gasteiger partial charge in [-0.25, -0.2) is 0 Å². The van der Waals surface area contributed by atoms with Gasteiger partial charge < -0.3 is 19.9 Å². The summed E-state index contributed by atoms with van der Waals surface area (Å²) in [6, 6.07) is 7.67. The Hall–Kier alpha value is -2.57. The molecule has 0 spiro atoms. The first-order chi connectivity index (χ1) is 13.2. The van der Waals surface area contributed by atoms with Crippen LogP contribution < -0.4 is 10.1 Å². The Morgan fingerprint density at radius 1 is 1.22 bits per heavy atom. The van der Waals surface area contributed by atoms with Gasteiger partial charge in [-0.05, 0) is 24.3 Å². The fourth-order valence-electron chi connectivity index (χ4n) is 3.94. The second kappa shape index (κ2) is 6.55. The lowest BCUT2D eigenvalue weighted by Gasteiger charge is -2.29. The molecule has 1 amide bonds. The van der Waals surface area contributed by atoms with Crippen molar-refractivity contribution in [3.05, 3.63) is 47.2 Å². The van der Waals surface area contributed by atoms with Crippen molar-refractivity contribution in [3.63, 3.8) is 0 Å². The van der Waals surface area contributed by atoms with Gasteiger partial charge in [0, 0.05) is 66.7 Å². The highest BCUT2D eigenvalue weighted by atomic mass is 35.5. The fourth-order valence-corrected chi connectivity index (χ4v) is 4.18. The van der Waals surface area contributed by atoms with Crippen LogP contribution in [0.25, 0.3) is 22.2 Å². The van der Waals surface area contributed by atoms with E-state index in [1.54, 1.807) is 6.20 Å². The third kappa shape index (κ3) is 2.85. The predicted octanol–water partition coefficient (Wildman–Crippen LogP) is 2.62. The SMILES string of the molecule is O=C([C@H]1Cc2cc(Cl)cc(-c3ccnc4cc[nH]c34)c2O1)N1CCNCC1. The second-order valence-electron chi connectivity index (χ2n) is 6.92. The highest BCUT2D eigenvalue weighted by Crippen LogP contribution is 2.43. The number of rotatable bonds is 2. The zero-order chi connectivity index (χ0) is 18.4. The van der Waals surface area contributed by atoms with E-state index in [0.717, 1.165) is 59.7 Å². The number of H-pyrrole nitrogens is 1. The lowest BCUT2D eigenvalue weighted by molar-refractivity contribution is -0.138. The molecule has 0 aliphatic carbocycles. The van der Waals surface area contributed by atoms with Crippen LogP contribution in [0.15, 0.2) is 36.7 Å². The van der Waals surface area contributed by atoms with Crippen molar-refractivity contribution >= 4 is 28.5 Å². The minimum absolute atomic E-state index is 0.0505. The maximum Gasteiger partial charge on any atom is 0.264 e. The van der Waals surface area contributed by atoms with Crippen LogP contribution >= 0.6 is 11.6 Å². The molecule has 3 aromatic rings. The van der Waals surface area contributed by atoms with Crippen LogP contribution in [0, 0.1) is 0 Å². The number of piperazine rings is 1. The number of halogens is 1. The molecule has 0 radical (unpaired) electrons. The van der Waals surface area contributed by atoms with Gasteiger partial charge in [0.1, 0.15) is 5.75 Å². The van der Waals surface area contributed by atoms with Crippen molar-refractivity contribution in [2.75, 3.05) is 26.2 Å². The van der Waals surface area contributed by atoms with Crippen LogP contribution in [-0.2, 0) is 11.2 Å². The minimum atomic E-state index is -0.490. The fraction of sp³-hybridized carbons (Fsp3) is 0.300. The number of fused-ring (bicyclic) bond motifs is 2. The number of nitrogens with zero attached hydrogens (tertiary/aromatic N) is 2. The molecule has 1 fully saturated rings. The van der Waals surface area contributed by atoms with Gasteiger partial charge in [0.25, 0.3) is 5.91 Å². The molecule has 2 aliphatic rings. The number of carbonyl (C=O) groups is 1. The first kappa shape index (κ1) is 16.6. The molecular weight excluding hydrogens is 364 g/mol. The number of carbonyl (C=O) groups excluding carboxylic acids is 1. The first-order valence-corrected chi connectivity index (χ1v) is 9.49. The van der Waals surface area contributed by atoms with Crippen LogP contribution in [0.2, 0.25) is 5.02 Å². The first-order valence-electron chi connectivity index (χ1n) is 9.12. The van der Waals surface area contributed by atoms with Crippen LogP contribution in [0.5, 0.6) is 5.75 Å². The monoisotopic (exact) mass is 382 g/mol. The largest absolute Gasteiger partial charge is 0.479 e. The average molecular weight is 383 g/mol. The van der Waals surface area contributed by atoms with E-state index in [-0.39, 0.29) is 5.91 Å². The van der Waals surface area contributed by atoms with Crippen LogP contribution in [0.1, 0.15) is 5.56 Å². The Balaban J connectivity index is 1.53. The molecule has 2 aliphatic heterocycles. The summed E-state index contributed by atoms with van der Waals surface area (Å²) in [6.45, 7) is 3.08. The zero-order valence-corrected chi connectivity index (χ0v) is 15.4. The van der Waals surface area contributed by atoms with Crippen molar-refractivity contribution in [2.45, 2.75) is 12.5 Å². The number of hydrogen-bond donors (Lipinski definition) is 2. The molecule has 138 valence electrons. The molecule has 1 saturated heterocycles. The van der Waals surface area contributed by atoms with E-state index in [1.165, 1.54) is 0 Å². The van der Waals surface area contributed by atoms with E-state index >= 15 is 0 Å². The summed E-state index contributed by atoms with van der Waals surface area (Å²) in [4.78, 5) is 22.4. The number of aromatic nitrogens is 2. The molecule has 27 heavy (non-hydrogen) atoms. The molecule has 4 heterocycles. The third-order valence-electron chi connectivity index (χ3n) is 5.24. The zero-order valence-electron chi connectivity index (χ0n) is 14.7. The molecule has 7 heteroatoms. The number of amides is 1. The molecule has 0 bridgehead atoms. The van der Waals surface area contributed by atoms with Gasteiger partial charge in [0.15, 0.2) is 6.10 Å². The number of hydrogen-bond acceptors (Lipinski definition) is 4. The lowest BCUT2D eigenvalue weighted by atomic mass is 10.00. The molecule has 6 nitrogen and oxygen atoms in total. The highest BCUT2D eigenvalue weighted by molar-refractivity contribution is 6.31. The van der Waals surface area contributed by atoms with Crippen LogP contribution in [-0.4, -0.2) is 53.1 Å². The van der Waals surface area contributed by atoms with E-state index in [4.69, 9.17) is 16.3 Å². The van der Waals surface area contributed by atoms with Crippen molar-refractivity contribution < 1.29 is 9.53 Å². The van der Waals surface area contributed by atoms with Crippen molar-refractivity contribution in [1.82, 2.24) is 20.2 Å². The van der Waals surface area contributed by atoms with Gasteiger partial charge in [-0.3, -0.25) is 9.78 Å². The summed E-state index contributed by atoms with van der Waals surface area (Å²) in [6.07, 6.45) is 3.70. The number of aromatic amines is 1. The van der Waals surface area contributed by atoms with Crippen LogP contribution in [0.4, 0.5) is 0 Å². The van der Waals surface area contributed by atoms with E-state index in [9.17, 15) is 4.79 Å². The normalized spacial score (nSPS) is 19.1. The topological polar surface area (TPSA) is 70.2 Å². The Morgan fingerprint density at radius 2 is 2.07 bits per heavy atom. The highest BCUT2D eigenvalue weighted by Gasteiger charge is 2.35. The van der Waals surface area contributed by atoms with E-state index < -0.39 is 6.10 Å². The predicted molar refractivity (Wildman–Crippen MR) is 104 cm³/mol. The van der Waals surface area contributed by atoms with Crippen LogP contribution in [0.3, 0.4) is 0 Å². The maximum atomic E-state index is 12.9. The van der Waals surface area contributed by atoms with Gasteiger partial charge >= 0.3 is 0 Å². The average Bonchev–Trinajstić information content (AvgIpc) is 3.34. The second-order valence-corrected chi connectivity index (χ2v) is 7.36. The summed E-state index contributed by atoms with van der Waals surface area (Å²) in [5.74, 6) is 0.796. The number of pyridine rings is 1. The van der Waals surface area contributed by atoms with E-state index in [2.05, 4.69) is 15.3 Å². The third-order valence-corrected chi connectivity index (χ3v) is 5.46. The molecule has 5 rings (SSSR count). The standard InChI is InChI=1S/C20H19ClN4O2/c21-13-9-12-10-17(20(26)25-7-5-22-6-8-25)27-19(12)15(11-13)14-1-3-23-16-2-4-24-18(14)16/h1-4,9,11,17,22,24H,5-8,10H2/t17-/m1/s1. The molecule has 1 aromatic carbocycles. The van der Waals surface area contributed by atoms with Gasteiger partial charge in [-0.15, -0.1) is 0 Å². The Morgan fingerprint density at radius 3 is 2.93 bits per heavy atom. The Kier molecular flexibility index (Phi) is 4.02. The number of ether oxygens (including phenoxy) is 1. The Labute approximate surface area is 161 Å².